The second-order valence-corrected chi connectivity index (χ2v) is 6.60. The lowest BCUT2D eigenvalue weighted by Crippen LogP contribution is -2.31. The second-order valence-electron chi connectivity index (χ2n) is 6.60. The number of ether oxygens (including phenoxy) is 1. The van der Waals surface area contributed by atoms with Gasteiger partial charge in [0.25, 0.3) is 0 Å². The Hall–Kier alpha value is -1.73. The van der Waals surface area contributed by atoms with E-state index < -0.39 is 0 Å². The molecule has 1 aliphatic heterocycles. The summed E-state index contributed by atoms with van der Waals surface area (Å²) in [5.41, 5.74) is 3.40. The lowest BCUT2D eigenvalue weighted by atomic mass is 10.0. The van der Waals surface area contributed by atoms with Gasteiger partial charge in [-0.25, -0.2) is 0 Å². The van der Waals surface area contributed by atoms with E-state index >= 15 is 0 Å². The van der Waals surface area contributed by atoms with Crippen molar-refractivity contribution < 1.29 is 9.26 Å². The van der Waals surface area contributed by atoms with E-state index in [1.165, 1.54) is 18.4 Å². The van der Waals surface area contributed by atoms with Gasteiger partial charge in [0, 0.05) is 36.9 Å². The molecule has 7 heteroatoms. The highest BCUT2D eigenvalue weighted by Crippen LogP contribution is 2.38. The minimum atomic E-state index is 0.0366. The first-order chi connectivity index (χ1) is 11.1. The van der Waals surface area contributed by atoms with Gasteiger partial charge >= 0.3 is 0 Å². The van der Waals surface area contributed by atoms with Crippen LogP contribution in [0.2, 0.25) is 0 Å². The molecule has 1 N–H and O–H groups in total. The van der Waals surface area contributed by atoms with Crippen LogP contribution in [0.1, 0.15) is 60.0 Å². The molecule has 0 amide bonds. The fourth-order valence-corrected chi connectivity index (χ4v) is 3.35. The van der Waals surface area contributed by atoms with Crippen LogP contribution in [0.3, 0.4) is 0 Å². The minimum Gasteiger partial charge on any atom is -0.372 e. The molecule has 2 aromatic heterocycles. The van der Waals surface area contributed by atoms with Gasteiger partial charge in [-0.1, -0.05) is 5.16 Å². The van der Waals surface area contributed by atoms with Crippen molar-refractivity contribution in [3.63, 3.8) is 0 Å². The van der Waals surface area contributed by atoms with E-state index in [1.54, 1.807) is 0 Å². The largest absolute Gasteiger partial charge is 0.372 e. The molecular weight excluding hydrogens is 294 g/mol. The smallest absolute Gasteiger partial charge is 0.240 e. The van der Waals surface area contributed by atoms with Crippen LogP contribution in [0.5, 0.6) is 0 Å². The van der Waals surface area contributed by atoms with Gasteiger partial charge in [-0.05, 0) is 33.1 Å². The lowest BCUT2D eigenvalue weighted by Gasteiger charge is -2.19. The van der Waals surface area contributed by atoms with Crippen LogP contribution in [-0.4, -0.2) is 32.6 Å². The molecule has 2 aromatic rings. The van der Waals surface area contributed by atoms with Crippen molar-refractivity contribution in [3.05, 3.63) is 28.7 Å². The summed E-state index contributed by atoms with van der Waals surface area (Å²) in [7, 11) is 1.97. The number of nitrogens with zero attached hydrogens (tertiary/aromatic N) is 4. The molecule has 7 nitrogen and oxygen atoms in total. The van der Waals surface area contributed by atoms with E-state index in [4.69, 9.17) is 9.26 Å². The van der Waals surface area contributed by atoms with Gasteiger partial charge in [0.15, 0.2) is 5.82 Å². The van der Waals surface area contributed by atoms with Gasteiger partial charge in [0.05, 0.1) is 12.2 Å². The second kappa shape index (κ2) is 5.72. The van der Waals surface area contributed by atoms with Crippen molar-refractivity contribution in [3.8, 4) is 0 Å². The zero-order valence-corrected chi connectivity index (χ0v) is 13.9. The highest BCUT2D eigenvalue weighted by molar-refractivity contribution is 5.29. The van der Waals surface area contributed by atoms with Crippen molar-refractivity contribution >= 4 is 0 Å². The van der Waals surface area contributed by atoms with Crippen molar-refractivity contribution in [2.45, 2.75) is 57.7 Å². The number of rotatable bonds is 5. The molecule has 2 fully saturated rings. The third-order valence-electron chi connectivity index (χ3n) is 4.88. The maximum atomic E-state index is 5.99. The maximum Gasteiger partial charge on any atom is 0.240 e. The Balaban J connectivity index is 1.44. The molecule has 0 aromatic carbocycles. The molecular formula is C16H23N5O2. The van der Waals surface area contributed by atoms with Crippen molar-refractivity contribution in [2.24, 2.45) is 7.05 Å². The molecule has 4 rings (SSSR count). The first-order valence-electron chi connectivity index (χ1n) is 8.31. The van der Waals surface area contributed by atoms with Crippen LogP contribution < -0.4 is 5.32 Å². The Morgan fingerprint density at radius 1 is 1.26 bits per heavy atom. The number of nitrogens with one attached hydrogen (secondary N) is 1. The Bertz CT molecular complexity index is 703. The van der Waals surface area contributed by atoms with Gasteiger partial charge in [0.1, 0.15) is 6.10 Å². The summed E-state index contributed by atoms with van der Waals surface area (Å²) in [6.07, 6.45) is 3.38. The minimum absolute atomic E-state index is 0.0366. The standard InChI is InChI=1S/C16H23N5O2/c1-9-14(10(2)21(3)19-9)15-12(6-7-22-15)17-8-13-18-16(20-23-13)11-4-5-11/h11-12,15,17H,4-8H2,1-3H3/t12-,15-/m0/s1. The molecule has 124 valence electrons. The summed E-state index contributed by atoms with van der Waals surface area (Å²) in [6, 6.07) is 0.243. The molecule has 2 aliphatic rings. The molecule has 0 bridgehead atoms. The summed E-state index contributed by atoms with van der Waals surface area (Å²) < 4.78 is 13.2. The number of hydrogen-bond acceptors (Lipinski definition) is 6. The number of aryl methyl sites for hydroxylation is 2. The molecule has 23 heavy (non-hydrogen) atoms. The third kappa shape index (κ3) is 2.79. The number of hydrogen-bond donors (Lipinski definition) is 1. The SMILES string of the molecule is Cc1nn(C)c(C)c1[C@H]1OCC[C@@H]1NCc1nc(C2CC2)no1. The van der Waals surface area contributed by atoms with E-state index in [0.29, 0.717) is 18.4 Å². The average Bonchev–Trinajstić information content (AvgIpc) is 2.99. The van der Waals surface area contributed by atoms with Gasteiger partial charge in [-0.3, -0.25) is 4.68 Å². The molecule has 1 saturated carbocycles. The quantitative estimate of drug-likeness (QED) is 0.908. The topological polar surface area (TPSA) is 78.0 Å². The van der Waals surface area contributed by atoms with Crippen LogP contribution in [0.15, 0.2) is 4.52 Å². The van der Waals surface area contributed by atoms with E-state index in [1.807, 2.05) is 18.7 Å². The molecule has 2 atom stereocenters. The summed E-state index contributed by atoms with van der Waals surface area (Å²) in [5, 5.41) is 12.1. The van der Waals surface area contributed by atoms with Gasteiger partial charge in [0.2, 0.25) is 5.89 Å². The van der Waals surface area contributed by atoms with Gasteiger partial charge < -0.3 is 14.6 Å². The molecule has 1 aliphatic carbocycles. The fraction of sp³-hybridized carbons (Fsp3) is 0.688. The summed E-state index contributed by atoms with van der Waals surface area (Å²) in [6.45, 7) is 5.48. The van der Waals surface area contributed by atoms with Crippen molar-refractivity contribution in [1.29, 1.82) is 0 Å². The van der Waals surface area contributed by atoms with Gasteiger partial charge in [-0.15, -0.1) is 0 Å². The Labute approximate surface area is 135 Å². The van der Waals surface area contributed by atoms with Crippen LogP contribution in [-0.2, 0) is 18.3 Å². The summed E-state index contributed by atoms with van der Waals surface area (Å²) in [5.74, 6) is 2.05. The maximum absolute atomic E-state index is 5.99. The first kappa shape index (κ1) is 14.8. The molecule has 1 saturated heterocycles. The predicted octanol–water partition coefficient (Wildman–Crippen LogP) is 1.92. The average molecular weight is 317 g/mol. The van der Waals surface area contributed by atoms with E-state index in [9.17, 15) is 0 Å². The number of aromatic nitrogens is 4. The monoisotopic (exact) mass is 317 g/mol. The normalized spacial score (nSPS) is 24.5. The van der Waals surface area contributed by atoms with E-state index in [-0.39, 0.29) is 12.1 Å². The van der Waals surface area contributed by atoms with Crippen LogP contribution in [0, 0.1) is 13.8 Å². The predicted molar refractivity (Wildman–Crippen MR) is 82.9 cm³/mol. The summed E-state index contributed by atoms with van der Waals surface area (Å²) >= 11 is 0. The first-order valence-corrected chi connectivity index (χ1v) is 8.31. The Morgan fingerprint density at radius 2 is 2.09 bits per heavy atom. The van der Waals surface area contributed by atoms with Crippen molar-refractivity contribution in [2.75, 3.05) is 6.61 Å². The summed E-state index contributed by atoms with van der Waals surface area (Å²) in [4.78, 5) is 4.47. The molecule has 0 unspecified atom stereocenters. The Morgan fingerprint density at radius 3 is 2.78 bits per heavy atom. The zero-order chi connectivity index (χ0) is 16.0. The lowest BCUT2D eigenvalue weighted by molar-refractivity contribution is 0.0968. The molecule has 0 spiro atoms. The van der Waals surface area contributed by atoms with Crippen LogP contribution >= 0.6 is 0 Å². The van der Waals surface area contributed by atoms with E-state index in [2.05, 4.69) is 27.5 Å². The fourth-order valence-electron chi connectivity index (χ4n) is 3.35. The van der Waals surface area contributed by atoms with Crippen molar-refractivity contribution in [1.82, 2.24) is 25.2 Å². The van der Waals surface area contributed by atoms with Crippen LogP contribution in [0.25, 0.3) is 0 Å². The Kier molecular flexibility index (Phi) is 3.69. The van der Waals surface area contributed by atoms with Crippen LogP contribution in [0.4, 0.5) is 0 Å². The molecule has 0 radical (unpaired) electrons. The highest BCUT2D eigenvalue weighted by Gasteiger charge is 2.34. The van der Waals surface area contributed by atoms with E-state index in [0.717, 1.165) is 30.2 Å². The third-order valence-corrected chi connectivity index (χ3v) is 4.88. The zero-order valence-electron chi connectivity index (χ0n) is 13.9. The van der Waals surface area contributed by atoms with Gasteiger partial charge in [-0.2, -0.15) is 10.1 Å². The molecule has 3 heterocycles. The highest BCUT2D eigenvalue weighted by atomic mass is 16.5.